The number of ether oxygens (including phenoxy) is 1. The maximum Gasteiger partial charge on any atom is 0.416 e. The Morgan fingerprint density at radius 3 is 2.74 bits per heavy atom. The molecule has 1 N–H and O–H groups in total. The molecule has 0 radical (unpaired) electrons. The van der Waals surface area contributed by atoms with E-state index in [4.69, 9.17) is 4.74 Å². The lowest BCUT2D eigenvalue weighted by Crippen LogP contribution is -2.45. The Hall–Kier alpha value is -1.41. The molecule has 1 aromatic rings. The van der Waals surface area contributed by atoms with Gasteiger partial charge in [-0.1, -0.05) is 59.8 Å². The number of amides is 2. The first-order valence-electron chi connectivity index (χ1n) is 7.44. The summed E-state index contributed by atoms with van der Waals surface area (Å²) in [6, 6.07) is 9.32. The van der Waals surface area contributed by atoms with Gasteiger partial charge in [0.05, 0.1) is 18.1 Å². The molecule has 2 amide bonds. The molecule has 0 saturated carbocycles. The summed E-state index contributed by atoms with van der Waals surface area (Å²) in [6.07, 6.45) is -1.00. The van der Waals surface area contributed by atoms with Crippen LogP contribution < -0.4 is 0 Å². The smallest absolute Gasteiger partial charge is 0.416 e. The van der Waals surface area contributed by atoms with Gasteiger partial charge in [0, 0.05) is 0 Å². The lowest BCUT2D eigenvalue weighted by Gasteiger charge is -2.25. The van der Waals surface area contributed by atoms with E-state index < -0.39 is 24.0 Å². The molecule has 1 aliphatic rings. The first-order chi connectivity index (χ1) is 11.0. The zero-order valence-electron chi connectivity index (χ0n) is 13.1. The Morgan fingerprint density at radius 2 is 2.13 bits per heavy atom. The Morgan fingerprint density at radius 1 is 1.48 bits per heavy atom. The van der Waals surface area contributed by atoms with Crippen molar-refractivity contribution in [1.82, 2.24) is 4.90 Å². The first kappa shape index (κ1) is 17.9. The summed E-state index contributed by atoms with van der Waals surface area (Å²) in [7, 11) is 0. The van der Waals surface area contributed by atoms with E-state index in [0.29, 0.717) is 12.0 Å². The normalized spacial score (nSPS) is 21.0. The highest BCUT2D eigenvalue weighted by atomic mass is 127. The highest BCUT2D eigenvalue weighted by Gasteiger charge is 2.41. The molecule has 0 aliphatic carbocycles. The van der Waals surface area contributed by atoms with Gasteiger partial charge in [-0.25, -0.2) is 9.69 Å². The van der Waals surface area contributed by atoms with Crippen LogP contribution in [0.2, 0.25) is 0 Å². The van der Waals surface area contributed by atoms with Gasteiger partial charge < -0.3 is 9.84 Å². The minimum Gasteiger partial charge on any atom is -0.447 e. The van der Waals surface area contributed by atoms with Gasteiger partial charge in [0.1, 0.15) is 6.61 Å². The van der Waals surface area contributed by atoms with Crippen molar-refractivity contribution >= 4 is 34.6 Å². The minimum atomic E-state index is -0.912. The predicted octanol–water partition coefficient (Wildman–Crippen LogP) is 2.91. The number of hydrogen-bond acceptors (Lipinski definition) is 4. The second-order valence-electron chi connectivity index (χ2n) is 5.72. The van der Waals surface area contributed by atoms with E-state index >= 15 is 0 Å². The molecule has 1 saturated heterocycles. The van der Waals surface area contributed by atoms with Crippen molar-refractivity contribution < 1.29 is 19.4 Å². The minimum absolute atomic E-state index is 0.184. The van der Waals surface area contributed by atoms with E-state index in [9.17, 15) is 14.7 Å². The molecule has 6 heteroatoms. The molecule has 1 heterocycles. The van der Waals surface area contributed by atoms with E-state index in [0.717, 1.165) is 10.5 Å². The molecule has 1 aromatic carbocycles. The number of carbonyl (C=O) groups excluding carboxylic acids is 2. The van der Waals surface area contributed by atoms with Crippen LogP contribution in [0, 0.1) is 5.92 Å². The Bertz CT molecular complexity index is 602. The Balaban J connectivity index is 2.14. The van der Waals surface area contributed by atoms with Crippen molar-refractivity contribution in [3.63, 3.8) is 0 Å². The maximum absolute atomic E-state index is 12.7. The number of halogens is 1. The van der Waals surface area contributed by atoms with E-state index in [1.807, 2.05) is 52.9 Å². The monoisotopic (exact) mass is 429 g/mol. The van der Waals surface area contributed by atoms with Crippen LogP contribution in [0.5, 0.6) is 0 Å². The second kappa shape index (κ2) is 7.92. The summed E-state index contributed by atoms with van der Waals surface area (Å²) in [4.78, 5) is 25.8. The molecule has 0 bridgehead atoms. The maximum atomic E-state index is 12.7. The molecule has 3 atom stereocenters. The van der Waals surface area contributed by atoms with Crippen molar-refractivity contribution in [2.75, 3.05) is 6.61 Å². The lowest BCUT2D eigenvalue weighted by molar-refractivity contribution is -0.135. The number of benzene rings is 1. The van der Waals surface area contributed by atoms with E-state index in [1.165, 1.54) is 0 Å². The number of imide groups is 1. The predicted molar refractivity (Wildman–Crippen MR) is 95.1 cm³/mol. The van der Waals surface area contributed by atoms with Crippen LogP contribution in [0.25, 0.3) is 0 Å². The average Bonchev–Trinajstić information content (AvgIpc) is 2.93. The van der Waals surface area contributed by atoms with Crippen molar-refractivity contribution in [3.05, 3.63) is 45.6 Å². The van der Waals surface area contributed by atoms with E-state index in [1.54, 1.807) is 17.9 Å². The molecule has 1 fully saturated rings. The molecule has 1 aliphatic heterocycles. The molecule has 23 heavy (non-hydrogen) atoms. The average molecular weight is 429 g/mol. The van der Waals surface area contributed by atoms with Crippen LogP contribution in [0.15, 0.2) is 40.0 Å². The molecule has 0 unspecified atom stereocenters. The highest BCUT2D eigenvalue weighted by molar-refractivity contribution is 14.1. The van der Waals surface area contributed by atoms with Gasteiger partial charge in [0.15, 0.2) is 0 Å². The van der Waals surface area contributed by atoms with Crippen LogP contribution in [0.3, 0.4) is 0 Å². The van der Waals surface area contributed by atoms with Crippen molar-refractivity contribution in [3.8, 4) is 0 Å². The number of hydrogen-bond donors (Lipinski definition) is 1. The fourth-order valence-electron chi connectivity index (χ4n) is 2.58. The van der Waals surface area contributed by atoms with Crippen LogP contribution in [0.4, 0.5) is 4.79 Å². The number of cyclic esters (lactones) is 1. The molecular weight excluding hydrogens is 409 g/mol. The molecular formula is C17H20INO4. The van der Waals surface area contributed by atoms with E-state index in [2.05, 4.69) is 0 Å². The summed E-state index contributed by atoms with van der Waals surface area (Å²) >= 11 is 2.02. The fraction of sp³-hybridized carbons (Fsp3) is 0.412. The zero-order chi connectivity index (χ0) is 17.0. The summed E-state index contributed by atoms with van der Waals surface area (Å²) < 4.78 is 6.79. The summed E-state index contributed by atoms with van der Waals surface area (Å²) in [5.41, 5.74) is 1.73. The Kier molecular flexibility index (Phi) is 6.17. The van der Waals surface area contributed by atoms with Crippen LogP contribution in [-0.2, 0) is 16.0 Å². The van der Waals surface area contributed by atoms with Crippen LogP contribution in [0.1, 0.15) is 19.4 Å². The summed E-state index contributed by atoms with van der Waals surface area (Å²) in [5, 5.41) is 10.2. The summed E-state index contributed by atoms with van der Waals surface area (Å²) in [6.45, 7) is 3.57. The largest absolute Gasteiger partial charge is 0.447 e. The third-order valence-corrected chi connectivity index (χ3v) is 5.00. The SMILES string of the molecule is C/C(=C\I)[C@H](O)[C@H](C)C(=O)N1C(=O)OC[C@H]1Cc1ccccc1. The number of aliphatic hydroxyl groups is 1. The van der Waals surface area contributed by atoms with Gasteiger partial charge >= 0.3 is 6.09 Å². The topological polar surface area (TPSA) is 66.8 Å². The number of aliphatic hydroxyl groups excluding tert-OH is 1. The van der Waals surface area contributed by atoms with Gasteiger partial charge in [-0.15, -0.1) is 0 Å². The van der Waals surface area contributed by atoms with Crippen LogP contribution >= 0.6 is 22.6 Å². The number of nitrogens with zero attached hydrogens (tertiary/aromatic N) is 1. The molecule has 5 nitrogen and oxygen atoms in total. The van der Waals surface area contributed by atoms with Crippen molar-refractivity contribution in [1.29, 1.82) is 0 Å². The van der Waals surface area contributed by atoms with Gasteiger partial charge in [-0.3, -0.25) is 4.79 Å². The molecule has 124 valence electrons. The molecule has 2 rings (SSSR count). The quantitative estimate of drug-likeness (QED) is 0.732. The fourth-order valence-corrected chi connectivity index (χ4v) is 2.95. The molecule has 0 spiro atoms. The Labute approximate surface area is 149 Å². The van der Waals surface area contributed by atoms with Crippen LogP contribution in [-0.4, -0.2) is 40.8 Å². The summed E-state index contributed by atoms with van der Waals surface area (Å²) in [5.74, 6) is -1.11. The highest BCUT2D eigenvalue weighted by Crippen LogP contribution is 2.23. The van der Waals surface area contributed by atoms with Crippen molar-refractivity contribution in [2.45, 2.75) is 32.4 Å². The van der Waals surface area contributed by atoms with Gasteiger partial charge in [0.25, 0.3) is 0 Å². The van der Waals surface area contributed by atoms with Gasteiger partial charge in [-0.2, -0.15) is 0 Å². The second-order valence-corrected chi connectivity index (χ2v) is 6.34. The third kappa shape index (κ3) is 4.11. The number of carbonyl (C=O) groups is 2. The van der Waals surface area contributed by atoms with E-state index in [-0.39, 0.29) is 12.6 Å². The zero-order valence-corrected chi connectivity index (χ0v) is 15.3. The van der Waals surface area contributed by atoms with Gasteiger partial charge in [-0.05, 0) is 28.6 Å². The lowest BCUT2D eigenvalue weighted by atomic mass is 9.97. The third-order valence-electron chi connectivity index (χ3n) is 4.01. The van der Waals surface area contributed by atoms with Crippen molar-refractivity contribution in [2.24, 2.45) is 5.92 Å². The standard InChI is InChI=1S/C17H20INO4/c1-11(9-18)15(20)12(2)16(21)19-14(10-23-17(19)22)8-13-6-4-3-5-7-13/h3-7,9,12,14-15,20H,8,10H2,1-2H3/b11-9+/t12-,14+,15-/m0/s1. The van der Waals surface area contributed by atoms with Gasteiger partial charge in [0.2, 0.25) is 5.91 Å². The molecule has 0 aromatic heterocycles. The first-order valence-corrected chi connectivity index (χ1v) is 8.69. The number of rotatable bonds is 5.